The van der Waals surface area contributed by atoms with Crippen molar-refractivity contribution < 1.29 is 36.5 Å². The second-order valence-corrected chi connectivity index (χ2v) is 4.54. The van der Waals surface area contributed by atoms with Crippen LogP contribution in [0.2, 0.25) is 0 Å². The lowest BCUT2D eigenvalue weighted by atomic mass is 9.99. The van der Waals surface area contributed by atoms with Crippen LogP contribution in [-0.2, 0) is 4.74 Å². The minimum absolute atomic E-state index is 0.0671. The van der Waals surface area contributed by atoms with E-state index in [0.29, 0.717) is 5.75 Å². The molecule has 1 unspecified atom stereocenters. The van der Waals surface area contributed by atoms with Gasteiger partial charge < -0.3 is 14.6 Å². The molecule has 24 heavy (non-hydrogen) atoms. The SMILES string of the molecule is CCO/C(=C(/C#N)C(O)c1ccc(OC)cc1)C(F)(F)C(F)(F)F. The van der Waals surface area contributed by atoms with Crippen molar-refractivity contribution in [3.63, 3.8) is 0 Å². The smallest absolute Gasteiger partial charge is 0.461 e. The van der Waals surface area contributed by atoms with E-state index in [4.69, 9.17) is 10.00 Å². The Kier molecular flexibility index (Phi) is 6.15. The highest BCUT2D eigenvalue weighted by atomic mass is 19.4. The van der Waals surface area contributed by atoms with E-state index in [2.05, 4.69) is 4.74 Å². The number of hydrogen-bond acceptors (Lipinski definition) is 4. The molecule has 0 bridgehead atoms. The van der Waals surface area contributed by atoms with E-state index in [1.54, 1.807) is 0 Å². The van der Waals surface area contributed by atoms with Crippen molar-refractivity contribution in [2.75, 3.05) is 13.7 Å². The fraction of sp³-hybridized carbons (Fsp3) is 0.400. The fourth-order valence-electron chi connectivity index (χ4n) is 1.80. The van der Waals surface area contributed by atoms with Gasteiger partial charge in [-0.2, -0.15) is 27.2 Å². The zero-order chi connectivity index (χ0) is 18.5. The van der Waals surface area contributed by atoms with E-state index in [1.165, 1.54) is 44.4 Å². The maximum Gasteiger partial charge on any atom is 0.461 e. The molecule has 1 atom stereocenters. The Hall–Kier alpha value is -2.34. The van der Waals surface area contributed by atoms with Crippen molar-refractivity contribution in [2.45, 2.75) is 25.1 Å². The summed E-state index contributed by atoms with van der Waals surface area (Å²) in [5.41, 5.74) is -1.29. The number of halogens is 5. The second-order valence-electron chi connectivity index (χ2n) is 4.54. The molecule has 0 heterocycles. The predicted octanol–water partition coefficient (Wildman–Crippen LogP) is 3.74. The second kappa shape index (κ2) is 7.49. The van der Waals surface area contributed by atoms with Crippen molar-refractivity contribution in [3.8, 4) is 11.8 Å². The average molecular weight is 351 g/mol. The summed E-state index contributed by atoms with van der Waals surface area (Å²) >= 11 is 0. The fourth-order valence-corrected chi connectivity index (χ4v) is 1.80. The van der Waals surface area contributed by atoms with Crippen molar-refractivity contribution in [1.82, 2.24) is 0 Å². The molecule has 0 saturated carbocycles. The summed E-state index contributed by atoms with van der Waals surface area (Å²) in [5, 5.41) is 19.1. The number of aliphatic hydroxyl groups excluding tert-OH is 1. The predicted molar refractivity (Wildman–Crippen MR) is 73.2 cm³/mol. The average Bonchev–Trinajstić information content (AvgIpc) is 2.53. The molecule has 1 aromatic carbocycles. The Labute approximate surface area is 134 Å². The molecular formula is C15H14F5NO3. The molecule has 0 saturated heterocycles. The molecule has 132 valence electrons. The highest BCUT2D eigenvalue weighted by Crippen LogP contribution is 2.44. The highest BCUT2D eigenvalue weighted by molar-refractivity contribution is 5.40. The topological polar surface area (TPSA) is 62.5 Å². The molecule has 9 heteroatoms. The van der Waals surface area contributed by atoms with Gasteiger partial charge in [-0.3, -0.25) is 0 Å². The molecule has 0 radical (unpaired) electrons. The van der Waals surface area contributed by atoms with Gasteiger partial charge in [-0.15, -0.1) is 0 Å². The third-order valence-corrected chi connectivity index (χ3v) is 3.00. The van der Waals surface area contributed by atoms with Gasteiger partial charge in [0.25, 0.3) is 0 Å². The van der Waals surface area contributed by atoms with Crippen LogP contribution < -0.4 is 4.74 Å². The molecule has 1 N–H and O–H groups in total. The van der Waals surface area contributed by atoms with Gasteiger partial charge in [0.1, 0.15) is 23.5 Å². The number of nitriles is 1. The molecule has 1 aromatic rings. The minimum Gasteiger partial charge on any atom is -0.497 e. The summed E-state index contributed by atoms with van der Waals surface area (Å²) in [6.45, 7) is 0.642. The van der Waals surface area contributed by atoms with Crippen LogP contribution >= 0.6 is 0 Å². The summed E-state index contributed by atoms with van der Waals surface area (Å²) < 4.78 is 74.3. The van der Waals surface area contributed by atoms with Crippen LogP contribution in [0.4, 0.5) is 22.0 Å². The van der Waals surface area contributed by atoms with Gasteiger partial charge in [0.15, 0.2) is 5.76 Å². The molecular weight excluding hydrogens is 337 g/mol. The number of rotatable bonds is 6. The Morgan fingerprint density at radius 2 is 1.75 bits per heavy atom. The molecule has 0 aliphatic rings. The van der Waals surface area contributed by atoms with Crippen molar-refractivity contribution >= 4 is 0 Å². The standard InChI is InChI=1S/C15H14F5NO3/c1-3-24-13(14(16,17)15(18,19)20)11(8-21)12(22)9-4-6-10(23-2)7-5-9/h4-7,12,22H,3H2,1-2H3/b13-11-. The zero-order valence-electron chi connectivity index (χ0n) is 12.7. The molecule has 0 amide bonds. The van der Waals surface area contributed by atoms with Crippen molar-refractivity contribution in [3.05, 3.63) is 41.2 Å². The maximum atomic E-state index is 13.6. The van der Waals surface area contributed by atoms with E-state index in [0.717, 1.165) is 0 Å². The van der Waals surface area contributed by atoms with Crippen LogP contribution in [0.3, 0.4) is 0 Å². The Balaban J connectivity index is 3.43. The Bertz CT molecular complexity index is 632. The van der Waals surface area contributed by atoms with Crippen LogP contribution in [0, 0.1) is 11.3 Å². The van der Waals surface area contributed by atoms with Gasteiger partial charge >= 0.3 is 12.1 Å². The molecule has 0 aliphatic heterocycles. The molecule has 0 aromatic heterocycles. The monoisotopic (exact) mass is 351 g/mol. The van der Waals surface area contributed by atoms with Gasteiger partial charge in [-0.25, -0.2) is 0 Å². The third-order valence-electron chi connectivity index (χ3n) is 3.00. The normalized spacial score (nSPS) is 14.5. The lowest BCUT2D eigenvalue weighted by Gasteiger charge is -2.25. The zero-order valence-corrected chi connectivity index (χ0v) is 12.7. The summed E-state index contributed by atoms with van der Waals surface area (Å²) in [7, 11) is 1.36. The molecule has 0 fully saturated rings. The Morgan fingerprint density at radius 3 is 2.12 bits per heavy atom. The van der Waals surface area contributed by atoms with Crippen LogP contribution in [0.1, 0.15) is 18.6 Å². The molecule has 0 spiro atoms. The number of benzene rings is 1. The number of allylic oxidation sites excluding steroid dienone is 1. The van der Waals surface area contributed by atoms with Crippen molar-refractivity contribution in [2.24, 2.45) is 0 Å². The lowest BCUT2D eigenvalue weighted by Crippen LogP contribution is -2.40. The first kappa shape index (κ1) is 19.7. The van der Waals surface area contributed by atoms with Gasteiger partial charge in [0.2, 0.25) is 0 Å². The molecule has 1 rings (SSSR count). The Morgan fingerprint density at radius 1 is 1.21 bits per heavy atom. The number of nitrogens with zero attached hydrogens (tertiary/aromatic N) is 1. The number of hydrogen-bond donors (Lipinski definition) is 1. The number of methoxy groups -OCH3 is 1. The van der Waals surface area contributed by atoms with Crippen LogP contribution in [-0.4, -0.2) is 30.9 Å². The van der Waals surface area contributed by atoms with E-state index in [1.807, 2.05) is 0 Å². The highest BCUT2D eigenvalue weighted by Gasteiger charge is 2.63. The first-order valence-corrected chi connectivity index (χ1v) is 6.64. The number of alkyl halides is 5. The van der Waals surface area contributed by atoms with E-state index in [-0.39, 0.29) is 5.56 Å². The summed E-state index contributed by atoms with van der Waals surface area (Å²) in [6.07, 6.45) is -7.99. The van der Waals surface area contributed by atoms with Crippen LogP contribution in [0.5, 0.6) is 5.75 Å². The van der Waals surface area contributed by atoms with E-state index >= 15 is 0 Å². The van der Waals surface area contributed by atoms with Gasteiger partial charge in [0, 0.05) is 0 Å². The van der Waals surface area contributed by atoms with Gasteiger partial charge in [0.05, 0.1) is 13.7 Å². The maximum absolute atomic E-state index is 13.6. The molecule has 4 nitrogen and oxygen atoms in total. The third kappa shape index (κ3) is 3.94. The van der Waals surface area contributed by atoms with Gasteiger partial charge in [-0.1, -0.05) is 12.1 Å². The number of ether oxygens (including phenoxy) is 2. The summed E-state index contributed by atoms with van der Waals surface area (Å²) in [6, 6.07) is 6.36. The first-order valence-electron chi connectivity index (χ1n) is 6.64. The number of aliphatic hydroxyl groups is 1. The molecule has 0 aliphatic carbocycles. The van der Waals surface area contributed by atoms with E-state index < -0.39 is 36.1 Å². The van der Waals surface area contributed by atoms with Gasteiger partial charge in [-0.05, 0) is 24.6 Å². The van der Waals surface area contributed by atoms with Crippen LogP contribution in [0.25, 0.3) is 0 Å². The van der Waals surface area contributed by atoms with E-state index in [9.17, 15) is 27.1 Å². The van der Waals surface area contributed by atoms with Crippen molar-refractivity contribution in [1.29, 1.82) is 5.26 Å². The van der Waals surface area contributed by atoms with Crippen LogP contribution in [0.15, 0.2) is 35.6 Å². The summed E-state index contributed by atoms with van der Waals surface area (Å²) in [5.74, 6) is -6.95. The lowest BCUT2D eigenvalue weighted by molar-refractivity contribution is -0.277. The minimum atomic E-state index is -5.97. The largest absolute Gasteiger partial charge is 0.497 e. The summed E-state index contributed by atoms with van der Waals surface area (Å²) in [4.78, 5) is 0. The quantitative estimate of drug-likeness (QED) is 0.482. The first-order chi connectivity index (χ1) is 11.1.